The number of para-hydroxylation sites is 1. The molecule has 0 saturated carbocycles. The maximum Gasteiger partial charge on any atom is 0.325 e. The van der Waals surface area contributed by atoms with Gasteiger partial charge in [-0.2, -0.15) is 0 Å². The second-order valence-electron chi connectivity index (χ2n) is 3.64. The van der Waals surface area contributed by atoms with Crippen molar-refractivity contribution in [3.63, 3.8) is 0 Å². The minimum absolute atomic E-state index is 0.0688. The van der Waals surface area contributed by atoms with E-state index < -0.39 is 12.5 Å². The summed E-state index contributed by atoms with van der Waals surface area (Å²) >= 11 is 1.04. The number of phenolic OH excluding ortho intramolecular Hbond substituents is 1. The third-order valence-corrected chi connectivity index (χ3v) is 3.18. The van der Waals surface area contributed by atoms with Crippen molar-refractivity contribution in [2.75, 3.05) is 6.54 Å². The molecule has 1 heterocycles. The van der Waals surface area contributed by atoms with E-state index in [1.54, 1.807) is 18.2 Å². The van der Waals surface area contributed by atoms with Gasteiger partial charge in [0.25, 0.3) is 5.91 Å². The summed E-state index contributed by atoms with van der Waals surface area (Å²) in [6, 6.07) is 6.61. The maximum atomic E-state index is 11.6. The Hall–Kier alpha value is -2.28. The van der Waals surface area contributed by atoms with E-state index in [4.69, 9.17) is 5.11 Å². The summed E-state index contributed by atoms with van der Waals surface area (Å²) in [7, 11) is 0. The molecule has 0 radical (unpaired) electrons. The molecule has 0 aliphatic carbocycles. The molecule has 6 nitrogen and oxygen atoms in total. The van der Waals surface area contributed by atoms with Crippen LogP contribution in [0.2, 0.25) is 0 Å². The van der Waals surface area contributed by atoms with Crippen molar-refractivity contribution in [3.8, 4) is 5.75 Å². The number of carboxylic acids is 1. The standard InChI is InChI=1S/C12H10N2O4S/c15-8-4-2-1-3-7(8)5-9-11(18)14-12(19-9)13-6-10(16)17/h1-5,15H,6H2,(H,16,17)(H,13,14,18)/b9-5-. The predicted molar refractivity (Wildman–Crippen MR) is 71.8 cm³/mol. The Bertz CT molecular complexity index is 595. The quantitative estimate of drug-likeness (QED) is 0.717. The van der Waals surface area contributed by atoms with Gasteiger partial charge in [0.05, 0.1) is 4.91 Å². The molecule has 98 valence electrons. The van der Waals surface area contributed by atoms with Gasteiger partial charge >= 0.3 is 5.97 Å². The number of benzene rings is 1. The first-order chi connectivity index (χ1) is 9.06. The number of aliphatic imine (C=N–C) groups is 1. The number of aromatic hydroxyl groups is 1. The van der Waals surface area contributed by atoms with E-state index in [9.17, 15) is 14.7 Å². The van der Waals surface area contributed by atoms with Crippen molar-refractivity contribution in [3.05, 3.63) is 34.7 Å². The molecule has 1 aromatic carbocycles. The molecule has 1 aromatic rings. The van der Waals surface area contributed by atoms with Crippen LogP contribution in [0.15, 0.2) is 34.2 Å². The molecule has 19 heavy (non-hydrogen) atoms. The number of nitrogens with one attached hydrogen (secondary N) is 1. The maximum absolute atomic E-state index is 11.6. The van der Waals surface area contributed by atoms with Crippen LogP contribution in [-0.2, 0) is 9.59 Å². The molecule has 7 heteroatoms. The minimum atomic E-state index is -1.07. The molecule has 0 atom stereocenters. The number of carboxylic acid groups (broad SMARTS) is 1. The Morgan fingerprint density at radius 2 is 2.16 bits per heavy atom. The topological polar surface area (TPSA) is 99.0 Å². The van der Waals surface area contributed by atoms with Gasteiger partial charge in [-0.05, 0) is 23.9 Å². The van der Waals surface area contributed by atoms with Gasteiger partial charge in [0.2, 0.25) is 0 Å². The molecule has 1 fully saturated rings. The first-order valence-electron chi connectivity index (χ1n) is 5.31. The van der Waals surface area contributed by atoms with Crippen LogP contribution in [-0.4, -0.2) is 33.8 Å². The van der Waals surface area contributed by atoms with Crippen molar-refractivity contribution in [2.24, 2.45) is 4.99 Å². The summed E-state index contributed by atoms with van der Waals surface area (Å²) in [4.78, 5) is 26.1. The molecule has 0 aromatic heterocycles. The van der Waals surface area contributed by atoms with Crippen molar-refractivity contribution < 1.29 is 19.8 Å². The Kier molecular flexibility index (Phi) is 3.86. The lowest BCUT2D eigenvalue weighted by Crippen LogP contribution is -2.20. The van der Waals surface area contributed by atoms with E-state index in [0.29, 0.717) is 10.5 Å². The summed E-state index contributed by atoms with van der Waals surface area (Å²) in [5, 5.41) is 20.8. The SMILES string of the molecule is O=C(O)CN=C1NC(=O)/C(=C/c2ccccc2O)S1. The van der Waals surface area contributed by atoms with Crippen molar-refractivity contribution in [1.82, 2.24) is 5.32 Å². The fourth-order valence-electron chi connectivity index (χ4n) is 1.39. The second kappa shape index (κ2) is 5.57. The van der Waals surface area contributed by atoms with Crippen LogP contribution in [0, 0.1) is 0 Å². The number of amides is 1. The molecule has 1 amide bonds. The van der Waals surface area contributed by atoms with Gasteiger partial charge in [-0.25, -0.2) is 0 Å². The predicted octanol–water partition coefficient (Wildman–Crippen LogP) is 1.04. The van der Waals surface area contributed by atoms with Gasteiger partial charge in [-0.3, -0.25) is 14.6 Å². The highest BCUT2D eigenvalue weighted by atomic mass is 32.2. The van der Waals surface area contributed by atoms with Gasteiger partial charge in [0.1, 0.15) is 12.3 Å². The summed E-state index contributed by atoms with van der Waals surface area (Å²) in [5.74, 6) is -1.36. The molecular formula is C12H10N2O4S. The number of hydrogen-bond acceptors (Lipinski definition) is 5. The van der Waals surface area contributed by atoms with Crippen LogP contribution in [0.1, 0.15) is 5.56 Å². The molecule has 3 N–H and O–H groups in total. The molecule has 1 aliphatic rings. The molecule has 1 saturated heterocycles. The highest BCUT2D eigenvalue weighted by Crippen LogP contribution is 2.28. The summed E-state index contributed by atoms with van der Waals surface area (Å²) < 4.78 is 0. The first-order valence-corrected chi connectivity index (χ1v) is 6.13. The third-order valence-electron chi connectivity index (χ3n) is 2.23. The van der Waals surface area contributed by atoms with Gasteiger partial charge in [0.15, 0.2) is 5.17 Å². The third kappa shape index (κ3) is 3.35. The molecule has 0 bridgehead atoms. The Labute approximate surface area is 112 Å². The van der Waals surface area contributed by atoms with Gasteiger partial charge < -0.3 is 15.5 Å². The summed E-state index contributed by atoms with van der Waals surface area (Å²) in [6.45, 7) is -0.396. The number of thioether (sulfide) groups is 1. The van der Waals surface area contributed by atoms with Gasteiger partial charge in [0, 0.05) is 5.56 Å². The van der Waals surface area contributed by atoms with Crippen LogP contribution in [0.25, 0.3) is 6.08 Å². The van der Waals surface area contributed by atoms with E-state index in [0.717, 1.165) is 11.8 Å². The normalized spacial score (nSPS) is 18.8. The largest absolute Gasteiger partial charge is 0.507 e. The smallest absolute Gasteiger partial charge is 0.325 e. The molecule has 1 aliphatic heterocycles. The highest BCUT2D eigenvalue weighted by Gasteiger charge is 2.24. The Morgan fingerprint density at radius 1 is 1.42 bits per heavy atom. The van der Waals surface area contributed by atoms with Crippen molar-refractivity contribution >= 4 is 34.9 Å². The fraction of sp³-hybridized carbons (Fsp3) is 0.0833. The highest BCUT2D eigenvalue weighted by molar-refractivity contribution is 8.18. The zero-order valence-corrected chi connectivity index (χ0v) is 10.5. The minimum Gasteiger partial charge on any atom is -0.507 e. The number of rotatable bonds is 3. The zero-order valence-electron chi connectivity index (χ0n) is 9.66. The van der Waals surface area contributed by atoms with Crippen LogP contribution in [0.3, 0.4) is 0 Å². The number of carbonyl (C=O) groups excluding carboxylic acids is 1. The number of nitrogens with zero attached hydrogens (tertiary/aromatic N) is 1. The van der Waals surface area contributed by atoms with Crippen LogP contribution >= 0.6 is 11.8 Å². The van der Waals surface area contributed by atoms with Crippen molar-refractivity contribution in [2.45, 2.75) is 0 Å². The number of carbonyl (C=O) groups is 2. The summed E-state index contributed by atoms with van der Waals surface area (Å²) in [5.41, 5.74) is 0.514. The second-order valence-corrected chi connectivity index (χ2v) is 4.67. The average Bonchev–Trinajstić information content (AvgIpc) is 2.71. The van der Waals surface area contributed by atoms with Crippen LogP contribution < -0.4 is 5.32 Å². The fourth-order valence-corrected chi connectivity index (χ4v) is 2.20. The average molecular weight is 278 g/mol. The molecule has 0 unspecified atom stereocenters. The van der Waals surface area contributed by atoms with E-state index in [1.807, 2.05) is 0 Å². The van der Waals surface area contributed by atoms with Crippen LogP contribution in [0.5, 0.6) is 5.75 Å². The molecule has 0 spiro atoms. The number of amidine groups is 1. The zero-order chi connectivity index (χ0) is 13.8. The van der Waals surface area contributed by atoms with E-state index >= 15 is 0 Å². The van der Waals surface area contributed by atoms with Gasteiger partial charge in [-0.15, -0.1) is 0 Å². The van der Waals surface area contributed by atoms with E-state index in [2.05, 4.69) is 10.3 Å². The molecule has 2 rings (SSSR count). The number of hydrogen-bond donors (Lipinski definition) is 3. The Morgan fingerprint density at radius 3 is 2.84 bits per heavy atom. The van der Waals surface area contributed by atoms with E-state index in [-0.39, 0.29) is 16.8 Å². The first kappa shape index (κ1) is 13.2. The van der Waals surface area contributed by atoms with E-state index in [1.165, 1.54) is 12.1 Å². The Balaban J connectivity index is 2.19. The van der Waals surface area contributed by atoms with Gasteiger partial charge in [-0.1, -0.05) is 18.2 Å². The van der Waals surface area contributed by atoms with Crippen molar-refractivity contribution in [1.29, 1.82) is 0 Å². The van der Waals surface area contributed by atoms with Crippen LogP contribution in [0.4, 0.5) is 0 Å². The lowest BCUT2D eigenvalue weighted by Gasteiger charge is -1.98. The lowest BCUT2D eigenvalue weighted by atomic mass is 10.2. The number of aliphatic carboxylic acids is 1. The summed E-state index contributed by atoms with van der Waals surface area (Å²) in [6.07, 6.45) is 1.53. The molecular weight excluding hydrogens is 268 g/mol. The number of phenols is 1. The lowest BCUT2D eigenvalue weighted by molar-refractivity contribution is -0.135. The monoisotopic (exact) mass is 278 g/mol.